The van der Waals surface area contributed by atoms with Crippen LogP contribution in [0.15, 0.2) is 83.7 Å². The van der Waals surface area contributed by atoms with Crippen molar-refractivity contribution in [3.63, 3.8) is 0 Å². The molecule has 0 radical (unpaired) electrons. The largest absolute Gasteiger partial charge is 0.497 e. The number of carbonyl (C=O) groups excluding carboxylic acids is 1. The lowest BCUT2D eigenvalue weighted by molar-refractivity contribution is -0.121. The molecule has 3 aromatic carbocycles. The molecule has 0 saturated heterocycles. The summed E-state index contributed by atoms with van der Waals surface area (Å²) in [4.78, 5) is 24.7. The molecule has 156 valence electrons. The number of rotatable bonds is 7. The molecule has 31 heavy (non-hydrogen) atoms. The zero-order chi connectivity index (χ0) is 21.6. The van der Waals surface area contributed by atoms with E-state index in [2.05, 4.69) is 10.4 Å². The van der Waals surface area contributed by atoms with Crippen molar-refractivity contribution >= 4 is 16.7 Å². The van der Waals surface area contributed by atoms with Crippen molar-refractivity contribution in [1.82, 2.24) is 15.1 Å². The molecule has 6 heteroatoms. The molecule has 0 saturated carbocycles. The Morgan fingerprint density at radius 1 is 0.968 bits per heavy atom. The molecule has 0 atom stereocenters. The zero-order valence-electron chi connectivity index (χ0n) is 17.2. The maximum absolute atomic E-state index is 12.4. The first-order chi connectivity index (χ1) is 15.1. The normalized spacial score (nSPS) is 10.7. The molecule has 0 bridgehead atoms. The molecular formula is C25H23N3O3. The molecule has 0 aliphatic rings. The summed E-state index contributed by atoms with van der Waals surface area (Å²) in [7, 11) is 1.63. The Hall–Kier alpha value is -3.93. The minimum atomic E-state index is -0.311. The highest BCUT2D eigenvalue weighted by Gasteiger charge is 2.10. The first-order valence-electron chi connectivity index (χ1n) is 10.1. The lowest BCUT2D eigenvalue weighted by atomic mass is 10.0. The van der Waals surface area contributed by atoms with Crippen LogP contribution in [-0.2, 0) is 17.8 Å². The van der Waals surface area contributed by atoms with Gasteiger partial charge < -0.3 is 10.1 Å². The molecule has 0 fully saturated rings. The van der Waals surface area contributed by atoms with Gasteiger partial charge in [0.15, 0.2) is 0 Å². The highest BCUT2D eigenvalue weighted by atomic mass is 16.5. The quantitative estimate of drug-likeness (QED) is 0.504. The number of aromatic nitrogens is 2. The monoisotopic (exact) mass is 413 g/mol. The van der Waals surface area contributed by atoms with Gasteiger partial charge in [-0.15, -0.1) is 0 Å². The van der Waals surface area contributed by atoms with Crippen LogP contribution in [0.4, 0.5) is 0 Å². The maximum atomic E-state index is 12.4. The smallest absolute Gasteiger partial charge is 0.267 e. The summed E-state index contributed by atoms with van der Waals surface area (Å²) in [5.74, 6) is 0.544. The third kappa shape index (κ3) is 4.80. The van der Waals surface area contributed by atoms with Crippen molar-refractivity contribution in [2.24, 2.45) is 0 Å². The van der Waals surface area contributed by atoms with Crippen LogP contribution in [-0.4, -0.2) is 29.3 Å². The van der Waals surface area contributed by atoms with E-state index in [1.807, 2.05) is 66.7 Å². The molecule has 0 spiro atoms. The van der Waals surface area contributed by atoms with Gasteiger partial charge in [-0.25, -0.2) is 4.68 Å². The number of benzene rings is 3. The van der Waals surface area contributed by atoms with Gasteiger partial charge >= 0.3 is 0 Å². The molecule has 0 aliphatic heterocycles. The average molecular weight is 413 g/mol. The van der Waals surface area contributed by atoms with Crippen molar-refractivity contribution in [2.75, 3.05) is 13.7 Å². The fourth-order valence-electron chi connectivity index (χ4n) is 3.48. The molecular weight excluding hydrogens is 390 g/mol. The Kier molecular flexibility index (Phi) is 6.08. The second-order valence-electron chi connectivity index (χ2n) is 7.19. The van der Waals surface area contributed by atoms with E-state index in [0.29, 0.717) is 18.7 Å². The number of carbonyl (C=O) groups is 1. The molecule has 4 aromatic rings. The average Bonchev–Trinajstić information content (AvgIpc) is 2.80. The SMILES string of the molecule is COc1ccc(CCNC(=O)Cn2nc(-c3cccc4ccccc34)ccc2=O)cc1. The Balaban J connectivity index is 1.44. The minimum Gasteiger partial charge on any atom is -0.497 e. The van der Waals surface area contributed by atoms with E-state index in [4.69, 9.17) is 4.74 Å². The summed E-state index contributed by atoms with van der Waals surface area (Å²) in [5, 5.41) is 9.44. The maximum Gasteiger partial charge on any atom is 0.267 e. The molecule has 0 unspecified atom stereocenters. The first-order valence-corrected chi connectivity index (χ1v) is 10.1. The van der Waals surface area contributed by atoms with Crippen LogP contribution in [0.5, 0.6) is 5.75 Å². The number of amides is 1. The molecule has 1 amide bonds. The second kappa shape index (κ2) is 9.26. The summed E-state index contributed by atoms with van der Waals surface area (Å²) >= 11 is 0. The van der Waals surface area contributed by atoms with Crippen LogP contribution in [0, 0.1) is 0 Å². The standard InChI is InChI=1S/C25H23N3O3/c1-31-20-11-9-18(10-12-20)15-16-26-24(29)17-28-25(30)14-13-23(27-28)22-8-4-6-19-5-2-3-7-21(19)22/h2-14H,15-17H2,1H3,(H,26,29). The summed E-state index contributed by atoms with van der Waals surface area (Å²) in [6.07, 6.45) is 0.689. The van der Waals surface area contributed by atoms with E-state index in [-0.39, 0.29) is 18.0 Å². The van der Waals surface area contributed by atoms with E-state index in [1.54, 1.807) is 13.2 Å². The number of methoxy groups -OCH3 is 1. The summed E-state index contributed by atoms with van der Waals surface area (Å²) in [6.45, 7) is 0.350. The number of hydrogen-bond donors (Lipinski definition) is 1. The van der Waals surface area contributed by atoms with Crippen LogP contribution in [0.25, 0.3) is 22.0 Å². The number of fused-ring (bicyclic) bond motifs is 1. The van der Waals surface area contributed by atoms with Gasteiger partial charge in [-0.1, -0.05) is 54.6 Å². The highest BCUT2D eigenvalue weighted by Crippen LogP contribution is 2.26. The number of ether oxygens (including phenoxy) is 1. The molecule has 1 heterocycles. The summed E-state index contributed by atoms with van der Waals surface area (Å²) in [5.41, 5.74) is 2.36. The van der Waals surface area contributed by atoms with E-state index >= 15 is 0 Å². The lowest BCUT2D eigenvalue weighted by Gasteiger charge is -2.10. The minimum absolute atomic E-state index is 0.125. The van der Waals surface area contributed by atoms with Crippen molar-refractivity contribution in [2.45, 2.75) is 13.0 Å². The molecule has 1 N–H and O–H groups in total. The summed E-state index contributed by atoms with van der Waals surface area (Å²) < 4.78 is 6.35. The summed E-state index contributed by atoms with van der Waals surface area (Å²) in [6, 6.07) is 24.8. The van der Waals surface area contributed by atoms with E-state index in [1.165, 1.54) is 10.7 Å². The van der Waals surface area contributed by atoms with Gasteiger partial charge in [-0.2, -0.15) is 5.10 Å². The van der Waals surface area contributed by atoms with Crippen LogP contribution in [0.3, 0.4) is 0 Å². The van der Waals surface area contributed by atoms with Gasteiger partial charge in [0.25, 0.3) is 5.56 Å². The van der Waals surface area contributed by atoms with Gasteiger partial charge in [0.05, 0.1) is 12.8 Å². The molecule has 1 aromatic heterocycles. The third-order valence-corrected chi connectivity index (χ3v) is 5.12. The van der Waals surface area contributed by atoms with Crippen LogP contribution in [0.1, 0.15) is 5.56 Å². The predicted molar refractivity (Wildman–Crippen MR) is 121 cm³/mol. The van der Waals surface area contributed by atoms with Gasteiger partial charge in [0.2, 0.25) is 5.91 Å². The Morgan fingerprint density at radius 2 is 1.74 bits per heavy atom. The molecule has 6 nitrogen and oxygen atoms in total. The van der Waals surface area contributed by atoms with Gasteiger partial charge in [-0.05, 0) is 41.0 Å². The Labute approximate surface area is 180 Å². The van der Waals surface area contributed by atoms with Crippen LogP contribution in [0.2, 0.25) is 0 Å². The topological polar surface area (TPSA) is 73.2 Å². The van der Waals surface area contributed by atoms with Crippen LogP contribution < -0.4 is 15.6 Å². The van der Waals surface area contributed by atoms with Crippen molar-refractivity contribution in [3.8, 4) is 17.0 Å². The van der Waals surface area contributed by atoms with Gasteiger partial charge in [0.1, 0.15) is 12.3 Å². The Morgan fingerprint density at radius 3 is 2.55 bits per heavy atom. The highest BCUT2D eigenvalue weighted by molar-refractivity contribution is 5.95. The number of hydrogen-bond acceptors (Lipinski definition) is 4. The second-order valence-corrected chi connectivity index (χ2v) is 7.19. The molecule has 0 aliphatic carbocycles. The fraction of sp³-hybridized carbons (Fsp3) is 0.160. The van der Waals surface area contributed by atoms with Gasteiger partial charge in [-0.3, -0.25) is 9.59 Å². The van der Waals surface area contributed by atoms with Gasteiger partial charge in [0, 0.05) is 18.2 Å². The predicted octanol–water partition coefficient (Wildman–Crippen LogP) is 3.43. The van der Waals surface area contributed by atoms with E-state index < -0.39 is 0 Å². The Bertz CT molecular complexity index is 1260. The zero-order valence-corrected chi connectivity index (χ0v) is 17.2. The lowest BCUT2D eigenvalue weighted by Crippen LogP contribution is -2.34. The van der Waals surface area contributed by atoms with Crippen molar-refractivity contribution < 1.29 is 9.53 Å². The third-order valence-electron chi connectivity index (χ3n) is 5.12. The van der Waals surface area contributed by atoms with Crippen molar-refractivity contribution in [3.05, 3.63) is 94.8 Å². The first kappa shape index (κ1) is 20.3. The number of nitrogens with zero attached hydrogens (tertiary/aromatic N) is 2. The molecule has 4 rings (SSSR count). The van der Waals surface area contributed by atoms with E-state index in [0.717, 1.165) is 27.6 Å². The number of nitrogens with one attached hydrogen (secondary N) is 1. The fourth-order valence-corrected chi connectivity index (χ4v) is 3.48. The van der Waals surface area contributed by atoms with Crippen LogP contribution >= 0.6 is 0 Å². The van der Waals surface area contributed by atoms with E-state index in [9.17, 15) is 9.59 Å². The van der Waals surface area contributed by atoms with Crippen molar-refractivity contribution in [1.29, 1.82) is 0 Å².